The second-order valence-corrected chi connectivity index (χ2v) is 8.44. The molecule has 5 rings (SSSR count). The molecule has 2 aliphatic heterocycles. The number of carbonyl (C=O) groups excluding carboxylic acids is 1. The number of piperidine rings is 1. The van der Waals surface area contributed by atoms with Crippen molar-refractivity contribution in [3.05, 3.63) is 75.4 Å². The van der Waals surface area contributed by atoms with Gasteiger partial charge in [-0.3, -0.25) is 14.9 Å². The number of nitro benzene ring substituents is 1. The number of halogens is 1. The number of amides is 1. The fourth-order valence-electron chi connectivity index (χ4n) is 4.21. The Morgan fingerprint density at radius 1 is 1.03 bits per heavy atom. The summed E-state index contributed by atoms with van der Waals surface area (Å²) in [6, 6.07) is 14.9. The van der Waals surface area contributed by atoms with Gasteiger partial charge < -0.3 is 14.4 Å². The number of ether oxygens (including phenoxy) is 2. The molecule has 0 unspecified atom stereocenters. The molecule has 3 aromatic rings. The Hall–Kier alpha value is -3.27. The summed E-state index contributed by atoms with van der Waals surface area (Å²) < 4.78 is 13.1. The number of non-ortho nitro benzene ring substituents is 1. The van der Waals surface area contributed by atoms with E-state index in [1.54, 1.807) is 52.0 Å². The van der Waals surface area contributed by atoms with Crippen LogP contribution in [0.1, 0.15) is 23.3 Å². The molecular weight excluding hydrogens is 448 g/mol. The normalized spacial score (nSPS) is 17.4. The van der Waals surface area contributed by atoms with E-state index in [0.717, 1.165) is 0 Å². The number of nitro groups is 1. The first kappa shape index (κ1) is 21.6. The van der Waals surface area contributed by atoms with Crippen LogP contribution in [0, 0.1) is 10.1 Å². The van der Waals surface area contributed by atoms with E-state index < -0.39 is 10.7 Å². The molecular formula is C23H21ClN4O5. The lowest BCUT2D eigenvalue weighted by molar-refractivity contribution is -0.384. The summed E-state index contributed by atoms with van der Waals surface area (Å²) in [5.41, 5.74) is 2.29. The lowest BCUT2D eigenvalue weighted by Gasteiger charge is -2.37. The topological polar surface area (TPSA) is 99.7 Å². The molecule has 0 saturated carbocycles. The molecule has 2 aromatic carbocycles. The third-order valence-electron chi connectivity index (χ3n) is 6.00. The molecule has 0 aliphatic carbocycles. The summed E-state index contributed by atoms with van der Waals surface area (Å²) in [5.74, 6) is -0.727. The van der Waals surface area contributed by atoms with Crippen molar-refractivity contribution in [3.63, 3.8) is 0 Å². The van der Waals surface area contributed by atoms with Gasteiger partial charge in [-0.05, 0) is 42.5 Å². The third-order valence-corrected chi connectivity index (χ3v) is 6.25. The minimum atomic E-state index is -0.572. The van der Waals surface area contributed by atoms with E-state index >= 15 is 0 Å². The van der Waals surface area contributed by atoms with Crippen LogP contribution in [0.25, 0.3) is 16.9 Å². The van der Waals surface area contributed by atoms with Gasteiger partial charge in [0.2, 0.25) is 0 Å². The second kappa shape index (κ2) is 8.58. The second-order valence-electron chi connectivity index (χ2n) is 8.01. The minimum Gasteiger partial charge on any atom is -0.347 e. The number of carbonyl (C=O) groups is 1. The van der Waals surface area contributed by atoms with Crippen molar-refractivity contribution in [1.82, 2.24) is 14.7 Å². The van der Waals surface area contributed by atoms with E-state index in [1.165, 1.54) is 12.1 Å². The van der Waals surface area contributed by atoms with Crippen LogP contribution in [0.3, 0.4) is 0 Å². The fourth-order valence-corrected chi connectivity index (χ4v) is 4.33. The SMILES string of the molecule is O=C(c1cc(-c2ccc([N+](=O)[O-])cc2)nn1-c1ccc(Cl)cc1)N1CCC2(CC1)OCCO2. The molecule has 170 valence electrons. The van der Waals surface area contributed by atoms with Crippen LogP contribution in [0.4, 0.5) is 5.69 Å². The maximum atomic E-state index is 13.5. The highest BCUT2D eigenvalue weighted by molar-refractivity contribution is 6.30. The summed E-state index contributed by atoms with van der Waals surface area (Å²) in [7, 11) is 0. The van der Waals surface area contributed by atoms with Crippen molar-refractivity contribution in [2.45, 2.75) is 18.6 Å². The zero-order chi connectivity index (χ0) is 23.0. The third kappa shape index (κ3) is 4.22. The zero-order valence-corrected chi connectivity index (χ0v) is 18.4. The summed E-state index contributed by atoms with van der Waals surface area (Å²) in [5, 5.41) is 16.2. The van der Waals surface area contributed by atoms with Crippen molar-refractivity contribution in [2.75, 3.05) is 26.3 Å². The number of nitrogens with zero attached hydrogens (tertiary/aromatic N) is 4. The minimum absolute atomic E-state index is 0.00854. The van der Waals surface area contributed by atoms with E-state index in [2.05, 4.69) is 5.10 Å². The van der Waals surface area contributed by atoms with Crippen molar-refractivity contribution in [2.24, 2.45) is 0 Å². The lowest BCUT2D eigenvalue weighted by atomic mass is 10.0. The molecule has 1 amide bonds. The van der Waals surface area contributed by atoms with Crippen molar-refractivity contribution in [3.8, 4) is 16.9 Å². The first-order valence-electron chi connectivity index (χ1n) is 10.6. The van der Waals surface area contributed by atoms with Crippen LogP contribution < -0.4 is 0 Å². The molecule has 2 saturated heterocycles. The highest BCUT2D eigenvalue weighted by atomic mass is 35.5. The van der Waals surface area contributed by atoms with Gasteiger partial charge in [-0.2, -0.15) is 5.10 Å². The van der Waals surface area contributed by atoms with Crippen molar-refractivity contribution in [1.29, 1.82) is 0 Å². The molecule has 2 fully saturated rings. The summed E-state index contributed by atoms with van der Waals surface area (Å²) in [4.78, 5) is 25.8. The summed E-state index contributed by atoms with van der Waals surface area (Å²) in [6.45, 7) is 2.18. The number of benzene rings is 2. The molecule has 0 radical (unpaired) electrons. The maximum absolute atomic E-state index is 13.5. The Balaban J connectivity index is 1.47. The monoisotopic (exact) mass is 468 g/mol. The Kier molecular flexibility index (Phi) is 5.61. The molecule has 0 bridgehead atoms. The van der Waals surface area contributed by atoms with Crippen molar-refractivity contribution < 1.29 is 19.2 Å². The number of rotatable bonds is 4. The molecule has 1 aromatic heterocycles. The first-order valence-corrected chi connectivity index (χ1v) is 11.0. The largest absolute Gasteiger partial charge is 0.347 e. The zero-order valence-electron chi connectivity index (χ0n) is 17.6. The average molecular weight is 469 g/mol. The molecule has 10 heteroatoms. The van der Waals surface area contributed by atoms with Crippen LogP contribution in [0.2, 0.25) is 5.02 Å². The quantitative estimate of drug-likeness (QED) is 0.422. The highest BCUT2D eigenvalue weighted by Gasteiger charge is 2.41. The van der Waals surface area contributed by atoms with E-state index in [1.807, 2.05) is 0 Å². The molecule has 33 heavy (non-hydrogen) atoms. The van der Waals surface area contributed by atoms with Crippen molar-refractivity contribution >= 4 is 23.2 Å². The maximum Gasteiger partial charge on any atom is 0.272 e. The molecule has 3 heterocycles. The van der Waals surface area contributed by atoms with Gasteiger partial charge in [-0.15, -0.1) is 0 Å². The van der Waals surface area contributed by atoms with Gasteiger partial charge in [0, 0.05) is 48.6 Å². The standard InChI is InChI=1S/C23H21ClN4O5/c24-17-3-7-18(8-4-17)27-21(15-20(25-27)16-1-5-19(6-2-16)28(30)31)22(29)26-11-9-23(10-12-26)32-13-14-33-23/h1-8,15H,9-14H2. The molecule has 1 spiro atoms. The van der Waals surface area contributed by atoms with Crippen LogP contribution in [0.15, 0.2) is 54.6 Å². The van der Waals surface area contributed by atoms with Gasteiger partial charge in [0.05, 0.1) is 29.5 Å². The Morgan fingerprint density at radius 2 is 1.67 bits per heavy atom. The van der Waals surface area contributed by atoms with Gasteiger partial charge in [-0.1, -0.05) is 11.6 Å². The number of aromatic nitrogens is 2. The number of hydrogen-bond donors (Lipinski definition) is 0. The Bertz CT molecular complexity index is 1180. The van der Waals surface area contributed by atoms with Gasteiger partial charge in [-0.25, -0.2) is 4.68 Å². The highest BCUT2D eigenvalue weighted by Crippen LogP contribution is 2.32. The lowest BCUT2D eigenvalue weighted by Crippen LogP contribution is -2.47. The van der Waals surface area contributed by atoms with E-state index in [0.29, 0.717) is 66.8 Å². The van der Waals surface area contributed by atoms with Crippen LogP contribution in [0.5, 0.6) is 0 Å². The Labute approximate surface area is 194 Å². The van der Waals surface area contributed by atoms with Crippen LogP contribution in [-0.4, -0.2) is 57.6 Å². The van der Waals surface area contributed by atoms with Crippen LogP contribution in [-0.2, 0) is 9.47 Å². The number of likely N-dealkylation sites (tertiary alicyclic amines) is 1. The van der Waals surface area contributed by atoms with Crippen LogP contribution >= 0.6 is 11.6 Å². The first-order chi connectivity index (χ1) is 15.9. The van der Waals surface area contributed by atoms with Gasteiger partial charge >= 0.3 is 0 Å². The molecule has 2 aliphatic rings. The predicted molar refractivity (Wildman–Crippen MR) is 120 cm³/mol. The van der Waals surface area contributed by atoms with Gasteiger partial charge in [0.25, 0.3) is 11.6 Å². The summed E-state index contributed by atoms with van der Waals surface area (Å²) >= 11 is 6.04. The number of hydrogen-bond acceptors (Lipinski definition) is 6. The smallest absolute Gasteiger partial charge is 0.272 e. The average Bonchev–Trinajstić information content (AvgIpc) is 3.48. The van der Waals surface area contributed by atoms with E-state index in [9.17, 15) is 14.9 Å². The molecule has 9 nitrogen and oxygen atoms in total. The summed E-state index contributed by atoms with van der Waals surface area (Å²) in [6.07, 6.45) is 1.23. The Morgan fingerprint density at radius 3 is 2.27 bits per heavy atom. The fraction of sp³-hybridized carbons (Fsp3) is 0.304. The van der Waals surface area contributed by atoms with E-state index in [4.69, 9.17) is 21.1 Å². The van der Waals surface area contributed by atoms with Gasteiger partial charge in [0.1, 0.15) is 5.69 Å². The molecule has 0 atom stereocenters. The van der Waals surface area contributed by atoms with Gasteiger partial charge in [0.15, 0.2) is 5.79 Å². The molecule has 0 N–H and O–H groups in total. The predicted octanol–water partition coefficient (Wildman–Crippen LogP) is 4.08. The van der Waals surface area contributed by atoms with E-state index in [-0.39, 0.29) is 11.6 Å².